The number of thioether (sulfide) groups is 1. The molecular formula is C11H13N3OS. The number of nitrogens with zero attached hydrogens (tertiary/aromatic N) is 3. The van der Waals surface area contributed by atoms with Crippen LogP contribution in [0, 0.1) is 0 Å². The van der Waals surface area contributed by atoms with Crippen molar-refractivity contribution in [2.45, 2.75) is 12.3 Å². The van der Waals surface area contributed by atoms with Gasteiger partial charge in [0.05, 0.1) is 12.7 Å². The minimum atomic E-state index is 0.316. The highest BCUT2D eigenvalue weighted by Gasteiger charge is 1.95. The molecule has 2 rings (SSSR count). The van der Waals surface area contributed by atoms with Gasteiger partial charge in [-0.1, -0.05) is 17.3 Å². The summed E-state index contributed by atoms with van der Waals surface area (Å²) in [5, 5.41) is 16.8. The molecule has 0 spiro atoms. The molecule has 4 nitrogen and oxygen atoms in total. The van der Waals surface area contributed by atoms with Crippen molar-refractivity contribution in [2.75, 3.05) is 5.75 Å². The van der Waals surface area contributed by atoms with Crippen LogP contribution < -0.4 is 0 Å². The highest BCUT2D eigenvalue weighted by atomic mass is 32.2. The minimum Gasteiger partial charge on any atom is -0.508 e. The quantitative estimate of drug-likeness (QED) is 0.804. The van der Waals surface area contributed by atoms with E-state index in [9.17, 15) is 0 Å². The molecule has 0 saturated carbocycles. The Morgan fingerprint density at radius 2 is 2.06 bits per heavy atom. The van der Waals surface area contributed by atoms with Gasteiger partial charge in [-0.2, -0.15) is 11.8 Å². The number of hydrogen-bond acceptors (Lipinski definition) is 4. The second-order valence-corrected chi connectivity index (χ2v) is 4.49. The number of phenolic OH excluding ortho intramolecular Hbond substituents is 1. The molecule has 1 aromatic carbocycles. The summed E-state index contributed by atoms with van der Waals surface area (Å²) in [6.07, 6.45) is 3.55. The lowest BCUT2D eigenvalue weighted by Crippen LogP contribution is -2.01. The number of hydrogen-bond donors (Lipinski definition) is 1. The van der Waals surface area contributed by atoms with Crippen molar-refractivity contribution in [1.82, 2.24) is 15.0 Å². The zero-order valence-corrected chi connectivity index (χ0v) is 9.60. The first kappa shape index (κ1) is 11.0. The van der Waals surface area contributed by atoms with Gasteiger partial charge in [-0.15, -0.1) is 5.10 Å². The van der Waals surface area contributed by atoms with Crippen molar-refractivity contribution >= 4 is 11.8 Å². The molecule has 5 heteroatoms. The Kier molecular flexibility index (Phi) is 3.82. The van der Waals surface area contributed by atoms with Crippen LogP contribution in [-0.4, -0.2) is 25.9 Å². The first-order valence-electron chi connectivity index (χ1n) is 5.04. The summed E-state index contributed by atoms with van der Waals surface area (Å²) >= 11 is 1.84. The molecule has 1 heterocycles. The van der Waals surface area contributed by atoms with E-state index >= 15 is 0 Å². The van der Waals surface area contributed by atoms with E-state index in [0.29, 0.717) is 5.75 Å². The Bertz CT molecular complexity index is 413. The molecule has 0 fully saturated rings. The summed E-state index contributed by atoms with van der Waals surface area (Å²) in [5.74, 6) is 2.27. The normalized spacial score (nSPS) is 10.5. The molecule has 0 aliphatic heterocycles. The maximum absolute atomic E-state index is 9.13. The lowest BCUT2D eigenvalue weighted by atomic mass is 10.2. The van der Waals surface area contributed by atoms with Crippen molar-refractivity contribution in [3.05, 3.63) is 42.2 Å². The molecule has 0 amide bonds. The third kappa shape index (κ3) is 3.27. The number of rotatable bonds is 5. The van der Waals surface area contributed by atoms with Gasteiger partial charge in [0.2, 0.25) is 0 Å². The lowest BCUT2D eigenvalue weighted by Gasteiger charge is -2.02. The van der Waals surface area contributed by atoms with Crippen LogP contribution in [0.5, 0.6) is 5.75 Å². The molecule has 0 aliphatic rings. The standard InChI is InChI=1S/C11H13N3OS/c15-11-3-1-10(2-4-11)9-16-8-7-14-6-5-12-13-14/h1-6,15H,7-9H2. The van der Waals surface area contributed by atoms with Crippen LogP contribution in [-0.2, 0) is 12.3 Å². The second kappa shape index (κ2) is 5.55. The summed E-state index contributed by atoms with van der Waals surface area (Å²) in [6.45, 7) is 0.878. The van der Waals surface area contributed by atoms with E-state index < -0.39 is 0 Å². The fourth-order valence-corrected chi connectivity index (χ4v) is 2.18. The van der Waals surface area contributed by atoms with Gasteiger partial charge in [-0.3, -0.25) is 4.68 Å². The third-order valence-corrected chi connectivity index (χ3v) is 3.15. The van der Waals surface area contributed by atoms with Crippen molar-refractivity contribution in [1.29, 1.82) is 0 Å². The highest BCUT2D eigenvalue weighted by Crippen LogP contribution is 2.15. The zero-order valence-electron chi connectivity index (χ0n) is 8.78. The van der Waals surface area contributed by atoms with Crippen molar-refractivity contribution in [3.8, 4) is 5.75 Å². The molecule has 84 valence electrons. The van der Waals surface area contributed by atoms with E-state index in [1.54, 1.807) is 18.3 Å². The second-order valence-electron chi connectivity index (χ2n) is 3.39. The Labute approximate surface area is 98.3 Å². The molecule has 16 heavy (non-hydrogen) atoms. The van der Waals surface area contributed by atoms with Crippen LogP contribution >= 0.6 is 11.8 Å². The number of aryl methyl sites for hydroxylation is 1. The van der Waals surface area contributed by atoms with Crippen LogP contribution in [0.25, 0.3) is 0 Å². The molecule has 1 N–H and O–H groups in total. The molecule has 0 bridgehead atoms. The van der Waals surface area contributed by atoms with E-state index in [-0.39, 0.29) is 0 Å². The molecule has 2 aromatic rings. The van der Waals surface area contributed by atoms with E-state index in [1.807, 2.05) is 34.8 Å². The zero-order chi connectivity index (χ0) is 11.2. The fraction of sp³-hybridized carbons (Fsp3) is 0.273. The average Bonchev–Trinajstić information content (AvgIpc) is 2.80. The van der Waals surface area contributed by atoms with Crippen LogP contribution in [0.3, 0.4) is 0 Å². The van der Waals surface area contributed by atoms with E-state index in [0.717, 1.165) is 18.1 Å². The van der Waals surface area contributed by atoms with E-state index in [4.69, 9.17) is 5.11 Å². The average molecular weight is 235 g/mol. The predicted octanol–water partition coefficient (Wildman–Crippen LogP) is 1.92. The van der Waals surface area contributed by atoms with Gasteiger partial charge in [-0.25, -0.2) is 0 Å². The van der Waals surface area contributed by atoms with Gasteiger partial charge in [0.15, 0.2) is 0 Å². The van der Waals surface area contributed by atoms with Crippen molar-refractivity contribution in [2.24, 2.45) is 0 Å². The Balaban J connectivity index is 1.70. The summed E-state index contributed by atoms with van der Waals surface area (Å²) in [7, 11) is 0. The fourth-order valence-electron chi connectivity index (χ4n) is 1.29. The number of aromatic hydroxyl groups is 1. The summed E-state index contributed by atoms with van der Waals surface area (Å²) in [4.78, 5) is 0. The first-order valence-corrected chi connectivity index (χ1v) is 6.20. The predicted molar refractivity (Wildman–Crippen MR) is 64.3 cm³/mol. The van der Waals surface area contributed by atoms with Gasteiger partial charge in [0.25, 0.3) is 0 Å². The Hall–Kier alpha value is -1.49. The van der Waals surface area contributed by atoms with Crippen molar-refractivity contribution < 1.29 is 5.11 Å². The van der Waals surface area contributed by atoms with Crippen LogP contribution in [0.1, 0.15) is 5.56 Å². The van der Waals surface area contributed by atoms with E-state index in [2.05, 4.69) is 10.3 Å². The van der Waals surface area contributed by atoms with Gasteiger partial charge in [-0.05, 0) is 17.7 Å². The molecule has 0 atom stereocenters. The van der Waals surface area contributed by atoms with Crippen LogP contribution in [0.15, 0.2) is 36.7 Å². The first-order chi connectivity index (χ1) is 7.84. The van der Waals surface area contributed by atoms with Gasteiger partial charge in [0, 0.05) is 17.7 Å². The number of aromatic nitrogens is 3. The highest BCUT2D eigenvalue weighted by molar-refractivity contribution is 7.98. The maximum Gasteiger partial charge on any atom is 0.115 e. The summed E-state index contributed by atoms with van der Waals surface area (Å²) in [5.41, 5.74) is 1.22. The molecular weight excluding hydrogens is 222 g/mol. The SMILES string of the molecule is Oc1ccc(CSCCn2ccnn2)cc1. The van der Waals surface area contributed by atoms with Gasteiger partial charge >= 0.3 is 0 Å². The molecule has 0 saturated heterocycles. The van der Waals surface area contributed by atoms with E-state index in [1.165, 1.54) is 5.56 Å². The minimum absolute atomic E-state index is 0.316. The Morgan fingerprint density at radius 3 is 2.75 bits per heavy atom. The summed E-state index contributed by atoms with van der Waals surface area (Å²) in [6, 6.07) is 7.32. The number of benzene rings is 1. The molecule has 0 unspecified atom stereocenters. The largest absolute Gasteiger partial charge is 0.508 e. The molecule has 0 aliphatic carbocycles. The lowest BCUT2D eigenvalue weighted by molar-refractivity contribution is 0.475. The topological polar surface area (TPSA) is 50.9 Å². The smallest absolute Gasteiger partial charge is 0.115 e. The Morgan fingerprint density at radius 1 is 1.25 bits per heavy atom. The van der Waals surface area contributed by atoms with Crippen molar-refractivity contribution in [3.63, 3.8) is 0 Å². The van der Waals surface area contributed by atoms with Gasteiger partial charge < -0.3 is 5.11 Å². The molecule has 0 radical (unpaired) electrons. The number of phenols is 1. The summed E-state index contributed by atoms with van der Waals surface area (Å²) < 4.78 is 1.82. The molecule has 1 aromatic heterocycles. The van der Waals surface area contributed by atoms with Crippen LogP contribution in [0.2, 0.25) is 0 Å². The maximum atomic E-state index is 9.13. The van der Waals surface area contributed by atoms with Gasteiger partial charge in [0.1, 0.15) is 5.75 Å². The monoisotopic (exact) mass is 235 g/mol. The van der Waals surface area contributed by atoms with Crippen LogP contribution in [0.4, 0.5) is 0 Å². The third-order valence-electron chi connectivity index (χ3n) is 2.14.